The van der Waals surface area contributed by atoms with Crippen molar-refractivity contribution in [3.63, 3.8) is 0 Å². The molecule has 0 spiro atoms. The lowest BCUT2D eigenvalue weighted by Crippen LogP contribution is -2.27. The molecule has 3 rings (SSSR count). The Kier molecular flexibility index (Phi) is 7.10. The van der Waals surface area contributed by atoms with E-state index in [1.54, 1.807) is 44.4 Å². The molecular weight excluding hydrogens is 418 g/mol. The minimum atomic E-state index is -0.380. The molecule has 0 bridgehead atoms. The van der Waals surface area contributed by atoms with Gasteiger partial charge < -0.3 is 19.5 Å². The zero-order valence-corrected chi connectivity index (χ0v) is 17.9. The predicted molar refractivity (Wildman–Crippen MR) is 120 cm³/mol. The van der Waals surface area contributed by atoms with Crippen LogP contribution in [0.1, 0.15) is 15.9 Å². The number of halogens is 1. The second-order valence-electron chi connectivity index (χ2n) is 7.03. The molecule has 7 nitrogen and oxygen atoms in total. The SMILES string of the molecule is CN(C)C(=O)COc1cccc(NC(=O)c2ccc(=O)n(Cc3ccccc3Cl)c2)c1. The number of hydrogen-bond acceptors (Lipinski definition) is 4. The van der Waals surface area contributed by atoms with Crippen LogP contribution in [-0.4, -0.2) is 42.0 Å². The van der Waals surface area contributed by atoms with E-state index < -0.39 is 0 Å². The summed E-state index contributed by atoms with van der Waals surface area (Å²) in [5.74, 6) is -0.0960. The van der Waals surface area contributed by atoms with Gasteiger partial charge in [0.15, 0.2) is 6.61 Å². The van der Waals surface area contributed by atoms with Crippen LogP contribution in [0.25, 0.3) is 0 Å². The van der Waals surface area contributed by atoms with Crippen molar-refractivity contribution in [3.8, 4) is 5.75 Å². The molecule has 0 aliphatic rings. The molecule has 0 atom stereocenters. The number of carbonyl (C=O) groups is 2. The first kappa shape index (κ1) is 22.1. The monoisotopic (exact) mass is 439 g/mol. The average molecular weight is 440 g/mol. The zero-order valence-electron chi connectivity index (χ0n) is 17.2. The number of pyridine rings is 1. The van der Waals surface area contributed by atoms with E-state index in [0.29, 0.717) is 22.0 Å². The molecule has 0 unspecified atom stereocenters. The van der Waals surface area contributed by atoms with Crippen LogP contribution >= 0.6 is 11.6 Å². The summed E-state index contributed by atoms with van der Waals surface area (Å²) >= 11 is 6.18. The van der Waals surface area contributed by atoms with Crippen molar-refractivity contribution in [3.05, 3.63) is 93.4 Å². The molecule has 1 N–H and O–H groups in total. The molecule has 2 amide bonds. The summed E-state index contributed by atoms with van der Waals surface area (Å²) in [4.78, 5) is 38.0. The van der Waals surface area contributed by atoms with E-state index in [9.17, 15) is 14.4 Å². The van der Waals surface area contributed by atoms with Crippen LogP contribution in [0.5, 0.6) is 5.75 Å². The van der Waals surface area contributed by atoms with Gasteiger partial charge in [-0.25, -0.2) is 0 Å². The summed E-state index contributed by atoms with van der Waals surface area (Å²) in [5.41, 5.74) is 1.36. The quantitative estimate of drug-likeness (QED) is 0.612. The average Bonchev–Trinajstić information content (AvgIpc) is 2.75. The van der Waals surface area contributed by atoms with Crippen LogP contribution in [0.3, 0.4) is 0 Å². The molecule has 0 saturated heterocycles. The highest BCUT2D eigenvalue weighted by Gasteiger charge is 2.11. The van der Waals surface area contributed by atoms with E-state index in [-0.39, 0.29) is 30.5 Å². The largest absolute Gasteiger partial charge is 0.484 e. The van der Waals surface area contributed by atoms with Crippen molar-refractivity contribution in [1.82, 2.24) is 9.47 Å². The van der Waals surface area contributed by atoms with Crippen LogP contribution < -0.4 is 15.6 Å². The Hall–Kier alpha value is -3.58. The number of likely N-dealkylation sites (N-methyl/N-ethyl adjacent to an activating group) is 1. The van der Waals surface area contributed by atoms with Gasteiger partial charge in [0.25, 0.3) is 17.4 Å². The maximum atomic E-state index is 12.7. The minimum Gasteiger partial charge on any atom is -0.484 e. The van der Waals surface area contributed by atoms with Crippen molar-refractivity contribution in [2.45, 2.75) is 6.54 Å². The number of rotatable bonds is 7. The van der Waals surface area contributed by atoms with Gasteiger partial charge in [-0.05, 0) is 29.8 Å². The molecule has 0 radical (unpaired) electrons. The van der Waals surface area contributed by atoms with Gasteiger partial charge in [-0.2, -0.15) is 0 Å². The molecule has 1 aromatic heterocycles. The van der Waals surface area contributed by atoms with E-state index in [1.807, 2.05) is 18.2 Å². The highest BCUT2D eigenvalue weighted by molar-refractivity contribution is 6.31. The smallest absolute Gasteiger partial charge is 0.259 e. The lowest BCUT2D eigenvalue weighted by molar-refractivity contribution is -0.130. The molecule has 0 aliphatic heterocycles. The van der Waals surface area contributed by atoms with Gasteiger partial charge in [0.2, 0.25) is 0 Å². The summed E-state index contributed by atoms with van der Waals surface area (Å²) in [7, 11) is 3.29. The Bertz CT molecular complexity index is 1160. The van der Waals surface area contributed by atoms with Crippen molar-refractivity contribution in [2.24, 2.45) is 0 Å². The molecule has 160 valence electrons. The van der Waals surface area contributed by atoms with Gasteiger partial charge in [-0.3, -0.25) is 14.4 Å². The number of benzene rings is 2. The van der Waals surface area contributed by atoms with Gasteiger partial charge in [0.05, 0.1) is 12.1 Å². The molecule has 31 heavy (non-hydrogen) atoms. The standard InChI is InChI=1S/C23H22ClN3O4/c1-26(2)22(29)15-31-19-8-5-7-18(12-19)25-23(30)17-10-11-21(28)27(14-17)13-16-6-3-4-9-20(16)24/h3-12,14H,13,15H2,1-2H3,(H,25,30). The van der Waals surface area contributed by atoms with Crippen LogP contribution in [-0.2, 0) is 11.3 Å². The van der Waals surface area contributed by atoms with Gasteiger partial charge in [0, 0.05) is 43.1 Å². The molecular formula is C23H22ClN3O4. The summed E-state index contributed by atoms with van der Waals surface area (Å²) in [5, 5.41) is 3.33. The fourth-order valence-corrected chi connectivity index (χ4v) is 2.94. The fraction of sp³-hybridized carbons (Fsp3) is 0.174. The number of anilines is 1. The van der Waals surface area contributed by atoms with E-state index in [4.69, 9.17) is 16.3 Å². The second-order valence-corrected chi connectivity index (χ2v) is 7.44. The highest BCUT2D eigenvalue weighted by Crippen LogP contribution is 2.19. The first-order valence-corrected chi connectivity index (χ1v) is 9.89. The van der Waals surface area contributed by atoms with E-state index >= 15 is 0 Å². The van der Waals surface area contributed by atoms with Crippen molar-refractivity contribution in [2.75, 3.05) is 26.0 Å². The van der Waals surface area contributed by atoms with Crippen LogP contribution in [0.4, 0.5) is 5.69 Å². The minimum absolute atomic E-state index is 0.0998. The molecule has 8 heteroatoms. The summed E-state index contributed by atoms with van der Waals surface area (Å²) in [6.45, 7) is 0.153. The topological polar surface area (TPSA) is 80.6 Å². The zero-order chi connectivity index (χ0) is 22.4. The Balaban J connectivity index is 1.72. The predicted octanol–water partition coefficient (Wildman–Crippen LogP) is 3.27. The Morgan fingerprint density at radius 3 is 2.58 bits per heavy atom. The number of carbonyl (C=O) groups excluding carboxylic acids is 2. The number of nitrogens with one attached hydrogen (secondary N) is 1. The maximum Gasteiger partial charge on any atom is 0.259 e. The van der Waals surface area contributed by atoms with E-state index in [1.165, 1.54) is 27.8 Å². The number of aromatic nitrogens is 1. The summed E-state index contributed by atoms with van der Waals surface area (Å²) in [6, 6.07) is 16.8. The third-order valence-electron chi connectivity index (χ3n) is 4.50. The first-order chi connectivity index (χ1) is 14.8. The fourth-order valence-electron chi connectivity index (χ4n) is 2.74. The second kappa shape index (κ2) is 9.95. The lowest BCUT2D eigenvalue weighted by atomic mass is 10.2. The summed E-state index contributed by atoms with van der Waals surface area (Å²) < 4.78 is 6.90. The van der Waals surface area contributed by atoms with Crippen molar-refractivity contribution >= 4 is 29.1 Å². The van der Waals surface area contributed by atoms with Gasteiger partial charge >= 0.3 is 0 Å². The lowest BCUT2D eigenvalue weighted by Gasteiger charge is -2.13. The molecule has 0 saturated carbocycles. The first-order valence-electron chi connectivity index (χ1n) is 9.52. The number of amides is 2. The molecule has 3 aromatic rings. The van der Waals surface area contributed by atoms with Crippen LogP contribution in [0.2, 0.25) is 5.02 Å². The van der Waals surface area contributed by atoms with Crippen molar-refractivity contribution in [1.29, 1.82) is 0 Å². The maximum absolute atomic E-state index is 12.7. The van der Waals surface area contributed by atoms with E-state index in [2.05, 4.69) is 5.32 Å². The van der Waals surface area contributed by atoms with Crippen LogP contribution in [0, 0.1) is 0 Å². The third kappa shape index (κ3) is 5.96. The van der Waals surface area contributed by atoms with Gasteiger partial charge in [-0.15, -0.1) is 0 Å². The molecule has 1 heterocycles. The normalized spacial score (nSPS) is 10.4. The molecule has 0 aliphatic carbocycles. The number of ether oxygens (including phenoxy) is 1. The summed E-state index contributed by atoms with van der Waals surface area (Å²) in [6.07, 6.45) is 1.50. The number of hydrogen-bond donors (Lipinski definition) is 1. The molecule has 0 fully saturated rings. The Labute approximate surface area is 184 Å². The third-order valence-corrected chi connectivity index (χ3v) is 4.87. The number of nitrogens with zero attached hydrogens (tertiary/aromatic N) is 2. The van der Waals surface area contributed by atoms with Crippen LogP contribution in [0.15, 0.2) is 71.7 Å². The van der Waals surface area contributed by atoms with Gasteiger partial charge in [-0.1, -0.05) is 35.9 Å². The highest BCUT2D eigenvalue weighted by atomic mass is 35.5. The van der Waals surface area contributed by atoms with Crippen molar-refractivity contribution < 1.29 is 14.3 Å². The van der Waals surface area contributed by atoms with Gasteiger partial charge in [0.1, 0.15) is 5.75 Å². The Morgan fingerprint density at radius 2 is 1.84 bits per heavy atom. The molecule has 2 aromatic carbocycles. The Morgan fingerprint density at radius 1 is 1.06 bits per heavy atom. The van der Waals surface area contributed by atoms with E-state index in [0.717, 1.165) is 5.56 Å².